The number of ketones is 1. The molecule has 4 atom stereocenters. The Balaban J connectivity index is 0.722. The Hall–Kier alpha value is -6.73. The van der Waals surface area contributed by atoms with Gasteiger partial charge in [-0.25, -0.2) is 23.1 Å². The van der Waals surface area contributed by atoms with Gasteiger partial charge in [-0.05, 0) is 65.8 Å². The number of aromatic nitrogens is 3. The predicted octanol–water partition coefficient (Wildman–Crippen LogP) is 7.10. The summed E-state index contributed by atoms with van der Waals surface area (Å²) in [6.45, 7) is 12.9. The van der Waals surface area contributed by atoms with E-state index in [4.69, 9.17) is 18.9 Å². The van der Waals surface area contributed by atoms with Gasteiger partial charge in [0.15, 0.2) is 5.82 Å². The van der Waals surface area contributed by atoms with E-state index in [1.54, 1.807) is 52.8 Å². The largest absolute Gasteiger partial charge is 0.491 e. The molecule has 2 fully saturated rings. The van der Waals surface area contributed by atoms with Crippen molar-refractivity contribution in [1.29, 1.82) is 0 Å². The number of likely N-dealkylation sites (tertiary alicyclic amines) is 1. The van der Waals surface area contributed by atoms with E-state index in [1.807, 2.05) is 50.1 Å². The van der Waals surface area contributed by atoms with E-state index in [9.17, 15) is 32.3 Å². The maximum absolute atomic E-state index is 15.7. The summed E-state index contributed by atoms with van der Waals surface area (Å²) >= 11 is 1.59. The molecule has 0 spiro atoms. The van der Waals surface area contributed by atoms with E-state index in [1.165, 1.54) is 6.20 Å². The first-order chi connectivity index (χ1) is 37.3. The van der Waals surface area contributed by atoms with Crippen molar-refractivity contribution in [1.82, 2.24) is 34.8 Å². The summed E-state index contributed by atoms with van der Waals surface area (Å²) < 4.78 is 95.5. The highest BCUT2D eigenvalue weighted by molar-refractivity contribution is 7.90. The number of pyridine rings is 1. The number of carbonyl (C=O) groups excluding carboxylic acids is 3. The molecule has 2 aliphatic rings. The van der Waals surface area contributed by atoms with Crippen molar-refractivity contribution < 1.29 is 60.0 Å². The summed E-state index contributed by atoms with van der Waals surface area (Å²) in [5.74, 6) is -3.90. The van der Waals surface area contributed by atoms with Crippen LogP contribution in [0.3, 0.4) is 0 Å². The Bertz CT molecular complexity index is 3210. The number of nitrogens with one attached hydrogen (secondary N) is 4. The number of hydrogen-bond acceptors (Lipinski definition) is 14. The van der Waals surface area contributed by atoms with Crippen molar-refractivity contribution in [3.05, 3.63) is 131 Å². The predicted molar refractivity (Wildman–Crippen MR) is 289 cm³/mol. The monoisotopic (exact) mass is 1120 g/mol. The number of aryl methyl sites for hydroxylation is 1. The first-order valence-electron chi connectivity index (χ1n) is 25.4. The quantitative estimate of drug-likeness (QED) is 0.0285. The molecule has 2 saturated heterocycles. The van der Waals surface area contributed by atoms with Gasteiger partial charge >= 0.3 is 10.2 Å². The minimum Gasteiger partial charge on any atom is -0.491 e. The highest BCUT2D eigenvalue weighted by Crippen LogP contribution is 2.33. The fraction of sp³-hybridized carbons (Fsp3) is 0.400. The Labute approximate surface area is 454 Å². The number of fused-ring (bicyclic) bond motifs is 1. The molecule has 0 saturated carbocycles. The van der Waals surface area contributed by atoms with Crippen molar-refractivity contribution in [2.45, 2.75) is 71.4 Å². The van der Waals surface area contributed by atoms with Gasteiger partial charge < -0.3 is 44.6 Å². The third kappa shape index (κ3) is 14.1. The minimum absolute atomic E-state index is 0.0143. The van der Waals surface area contributed by atoms with Gasteiger partial charge in [0.05, 0.1) is 72.5 Å². The molecule has 5 N–H and O–H groups in total. The third-order valence-electron chi connectivity index (χ3n) is 13.3. The number of anilines is 1. The average molecular weight is 1120 g/mol. The molecular formula is C55H63F3N8O10S2. The zero-order chi connectivity index (χ0) is 55.7. The van der Waals surface area contributed by atoms with Gasteiger partial charge in [0.1, 0.15) is 42.6 Å². The number of nitrogens with zero attached hydrogens (tertiary/aromatic N) is 4. The molecule has 23 heteroatoms. The van der Waals surface area contributed by atoms with Crippen LogP contribution in [0.25, 0.3) is 32.6 Å². The number of amides is 2. The summed E-state index contributed by atoms with van der Waals surface area (Å²) in [6.07, 6.45) is 1.03. The summed E-state index contributed by atoms with van der Waals surface area (Å²) in [5.41, 5.74) is 4.71. The molecule has 2 amide bonds. The number of ether oxygens (including phenoxy) is 4. The summed E-state index contributed by atoms with van der Waals surface area (Å²) in [6, 6.07) is 17.1. The number of alkyl halides is 1. The van der Waals surface area contributed by atoms with Crippen LogP contribution in [0.5, 0.6) is 5.75 Å². The Morgan fingerprint density at radius 2 is 1.62 bits per heavy atom. The number of H-pyrrole nitrogens is 1. The molecule has 0 bridgehead atoms. The SMILES string of the molecule is C=C(NCc1ccc(-c2scnc2C)cc1)[C@@H]1C[C@@H](O)CN1C(=O)[C@@H](NC(=O)COCCOCCOCCOc1ccc(-c2cnc3[nH]cc(C(=O)c4c(F)ccc(NS(=O)(=O)N5CC[C@@H](F)C5)c4F)c3c2)cc1)C(C)(C)C. The molecule has 78 heavy (non-hydrogen) atoms. The van der Waals surface area contributed by atoms with Crippen molar-refractivity contribution >= 4 is 55.9 Å². The van der Waals surface area contributed by atoms with Gasteiger partial charge in [0.25, 0.3) is 0 Å². The van der Waals surface area contributed by atoms with Crippen LogP contribution in [0.4, 0.5) is 18.9 Å². The molecule has 3 aromatic carbocycles. The van der Waals surface area contributed by atoms with Crippen LogP contribution in [-0.4, -0.2) is 146 Å². The highest BCUT2D eigenvalue weighted by Gasteiger charge is 2.43. The molecule has 2 aliphatic heterocycles. The van der Waals surface area contributed by atoms with Gasteiger partial charge in [0.2, 0.25) is 17.6 Å². The average Bonchev–Trinajstić information content (AvgIpc) is 4.28. The Morgan fingerprint density at radius 3 is 2.28 bits per heavy atom. The number of aliphatic hydroxyl groups excluding tert-OH is 1. The Morgan fingerprint density at radius 1 is 0.923 bits per heavy atom. The Kier molecular flexibility index (Phi) is 18.7. The van der Waals surface area contributed by atoms with Crippen LogP contribution < -0.4 is 20.1 Å². The fourth-order valence-corrected chi connectivity index (χ4v) is 11.2. The maximum Gasteiger partial charge on any atom is 0.301 e. The molecular weight excluding hydrogens is 1050 g/mol. The molecule has 0 unspecified atom stereocenters. The van der Waals surface area contributed by atoms with E-state index in [0.717, 1.165) is 38.1 Å². The van der Waals surface area contributed by atoms with Crippen LogP contribution in [-0.2, 0) is 40.6 Å². The lowest BCUT2D eigenvalue weighted by Gasteiger charge is -2.36. The number of rotatable bonds is 25. The summed E-state index contributed by atoms with van der Waals surface area (Å²) in [5, 5.41) is 17.1. The van der Waals surface area contributed by atoms with E-state index in [0.29, 0.717) is 35.5 Å². The second kappa shape index (κ2) is 25.4. The molecule has 6 aromatic rings. The minimum atomic E-state index is -4.38. The molecule has 5 heterocycles. The summed E-state index contributed by atoms with van der Waals surface area (Å²) in [4.78, 5) is 55.1. The molecule has 8 rings (SSSR count). The zero-order valence-corrected chi connectivity index (χ0v) is 45.3. The van der Waals surface area contributed by atoms with E-state index < -0.39 is 81.1 Å². The van der Waals surface area contributed by atoms with Crippen LogP contribution in [0.15, 0.2) is 96.9 Å². The number of hydrogen-bond donors (Lipinski definition) is 5. The van der Waals surface area contributed by atoms with Crippen LogP contribution in [0, 0.1) is 24.0 Å². The number of benzene rings is 3. The van der Waals surface area contributed by atoms with Crippen molar-refractivity contribution in [2.75, 3.05) is 70.6 Å². The molecule has 0 radical (unpaired) electrons. The van der Waals surface area contributed by atoms with E-state index in [-0.39, 0.29) is 88.3 Å². The fourth-order valence-electron chi connectivity index (χ4n) is 9.09. The lowest BCUT2D eigenvalue weighted by molar-refractivity contribution is -0.141. The standard InChI is InChI=1S/C55H63F3N8O10S2/c1-33(59-26-35-6-8-37(9-7-35)51-34(2)62-32-77-51)46-25-40(67)30-66(46)54(70)52(55(3,4)5)63-47(68)31-75-21-20-73-18-19-74-22-23-76-41-12-10-36(11-13-41)38-24-42-43(28-61-53(42)60-27-38)50(69)48-44(57)14-15-45(49(48)58)64-78(71,72)65-17-16-39(56)29-65/h6-15,24,27-28,32,39-40,46,52,59,64,67H,1,16-23,25-26,29-31H2,2-5H3,(H,60,61)(H,63,68)/t39-,40-,46+,52-/m1/s1. The zero-order valence-electron chi connectivity index (χ0n) is 43.7. The number of thiazole rings is 1. The number of aliphatic hydroxyl groups is 1. The molecule has 3 aromatic heterocycles. The van der Waals surface area contributed by atoms with Gasteiger partial charge in [-0.3, -0.25) is 19.1 Å². The number of aromatic amines is 1. The van der Waals surface area contributed by atoms with Crippen molar-refractivity contribution in [3.63, 3.8) is 0 Å². The molecule has 18 nitrogen and oxygen atoms in total. The lowest BCUT2D eigenvalue weighted by Crippen LogP contribution is -2.57. The second-order valence-corrected chi connectivity index (χ2v) is 22.6. The first kappa shape index (κ1) is 57.4. The van der Waals surface area contributed by atoms with Crippen LogP contribution in [0.1, 0.15) is 60.8 Å². The van der Waals surface area contributed by atoms with Crippen LogP contribution >= 0.6 is 11.3 Å². The van der Waals surface area contributed by atoms with Crippen molar-refractivity contribution in [3.8, 4) is 27.3 Å². The van der Waals surface area contributed by atoms with Gasteiger partial charge in [-0.15, -0.1) is 11.3 Å². The van der Waals surface area contributed by atoms with Gasteiger partial charge in [-0.1, -0.05) is 63.7 Å². The maximum atomic E-state index is 15.7. The van der Waals surface area contributed by atoms with Crippen molar-refractivity contribution in [2.24, 2.45) is 5.41 Å². The topological polar surface area (TPSA) is 227 Å². The van der Waals surface area contributed by atoms with Crippen LogP contribution in [0.2, 0.25) is 0 Å². The highest BCUT2D eigenvalue weighted by atomic mass is 32.2. The summed E-state index contributed by atoms with van der Waals surface area (Å²) in [7, 11) is -4.38. The normalized spacial score (nSPS) is 17.3. The smallest absolute Gasteiger partial charge is 0.301 e. The second-order valence-electron chi connectivity index (χ2n) is 20.0. The van der Waals surface area contributed by atoms with Gasteiger partial charge in [0, 0.05) is 67.2 Å². The number of β-amino-alcohol motifs (C(OH)–C–C–N with tert-alkyl or cyclic N) is 1. The van der Waals surface area contributed by atoms with E-state index >= 15 is 8.78 Å². The first-order valence-corrected chi connectivity index (χ1v) is 27.7. The number of halogens is 3. The van der Waals surface area contributed by atoms with Gasteiger partial charge in [-0.2, -0.15) is 12.7 Å². The molecule has 416 valence electrons. The molecule has 0 aliphatic carbocycles. The third-order valence-corrected chi connectivity index (χ3v) is 15.8. The lowest BCUT2D eigenvalue weighted by atomic mass is 9.85. The van der Waals surface area contributed by atoms with E-state index in [2.05, 4.69) is 44.3 Å². The number of carbonyl (C=O) groups is 3.